The Kier molecular flexibility index (Phi) is 7.05. The number of carbonyl (C=O) groups is 2. The number of fused-ring (bicyclic) bond motifs is 1. The first kappa shape index (κ1) is 24.3. The molecule has 0 radical (unpaired) electrons. The van der Waals surface area contributed by atoms with Crippen LogP contribution >= 0.6 is 0 Å². The summed E-state index contributed by atoms with van der Waals surface area (Å²) in [4.78, 5) is 39.5. The Balaban J connectivity index is 1.74. The minimum absolute atomic E-state index is 0.0534. The molecule has 0 atom stereocenters. The van der Waals surface area contributed by atoms with E-state index in [9.17, 15) is 14.4 Å². The van der Waals surface area contributed by atoms with Crippen molar-refractivity contribution in [3.63, 3.8) is 0 Å². The Morgan fingerprint density at radius 1 is 1.00 bits per heavy atom. The summed E-state index contributed by atoms with van der Waals surface area (Å²) in [5, 5.41) is 2.81. The van der Waals surface area contributed by atoms with Crippen molar-refractivity contribution in [2.45, 2.75) is 45.6 Å². The number of hydrogen-bond donors (Lipinski definition) is 1. The quantitative estimate of drug-likeness (QED) is 0.548. The fourth-order valence-electron chi connectivity index (χ4n) is 4.43. The highest BCUT2D eigenvalue weighted by molar-refractivity contribution is 6.02. The molecule has 0 bridgehead atoms. The third kappa shape index (κ3) is 4.85. The summed E-state index contributed by atoms with van der Waals surface area (Å²) in [7, 11) is 3.11. The van der Waals surface area contributed by atoms with Crippen molar-refractivity contribution in [3.8, 4) is 17.2 Å². The molecule has 1 aliphatic carbocycles. The number of nitrogens with one attached hydrogen (secondary N) is 1. The van der Waals surface area contributed by atoms with Crippen LogP contribution in [0.1, 0.15) is 70.1 Å². The Morgan fingerprint density at radius 3 is 2.40 bits per heavy atom. The lowest BCUT2D eigenvalue weighted by Crippen LogP contribution is -2.36. The zero-order valence-electron chi connectivity index (χ0n) is 20.5. The van der Waals surface area contributed by atoms with Crippen LogP contribution in [0.2, 0.25) is 0 Å². The largest absolute Gasteiger partial charge is 0.497 e. The summed E-state index contributed by atoms with van der Waals surface area (Å²) >= 11 is 0. The lowest BCUT2D eigenvalue weighted by atomic mass is 9.92. The Morgan fingerprint density at radius 2 is 1.74 bits per heavy atom. The zero-order chi connectivity index (χ0) is 25.1. The molecule has 1 heterocycles. The summed E-state index contributed by atoms with van der Waals surface area (Å²) in [5.74, 6) is 0.967. The zero-order valence-corrected chi connectivity index (χ0v) is 20.5. The molecule has 0 aliphatic heterocycles. The highest BCUT2D eigenvalue weighted by Crippen LogP contribution is 2.26. The molecule has 182 valence electrons. The number of hydrogen-bond acceptors (Lipinski definition) is 5. The molecule has 3 aromatic rings. The summed E-state index contributed by atoms with van der Waals surface area (Å²) in [6.45, 7) is 4.33. The SMILES string of the molecule is COc1ccc(OC)c(CNC(=O)c2cc3c(n(-c4ccc(C(C)C)cc4)c2=O)CCCC3=O)c1. The number of carbonyl (C=O) groups excluding carboxylic acids is 2. The Bertz CT molecular complexity index is 1320. The third-order valence-electron chi connectivity index (χ3n) is 6.41. The van der Waals surface area contributed by atoms with Gasteiger partial charge in [-0.1, -0.05) is 26.0 Å². The summed E-state index contributed by atoms with van der Waals surface area (Å²) in [6.07, 6.45) is 1.68. The molecule has 0 saturated heterocycles. The van der Waals surface area contributed by atoms with Gasteiger partial charge < -0.3 is 14.8 Å². The van der Waals surface area contributed by atoms with Gasteiger partial charge in [0.15, 0.2) is 5.78 Å². The second-order valence-electron chi connectivity index (χ2n) is 8.94. The number of ether oxygens (including phenoxy) is 2. The van der Waals surface area contributed by atoms with Crippen molar-refractivity contribution in [2.75, 3.05) is 14.2 Å². The average molecular weight is 475 g/mol. The van der Waals surface area contributed by atoms with Crippen molar-refractivity contribution in [1.82, 2.24) is 9.88 Å². The minimum Gasteiger partial charge on any atom is -0.497 e. The number of benzene rings is 2. The first-order valence-corrected chi connectivity index (χ1v) is 11.8. The number of ketones is 1. The molecular weight excluding hydrogens is 444 g/mol. The number of nitrogens with zero attached hydrogens (tertiary/aromatic N) is 1. The van der Waals surface area contributed by atoms with Crippen molar-refractivity contribution in [2.24, 2.45) is 0 Å². The van der Waals surface area contributed by atoms with Gasteiger partial charge >= 0.3 is 0 Å². The van der Waals surface area contributed by atoms with Crippen LogP contribution in [0, 0.1) is 0 Å². The van der Waals surface area contributed by atoms with E-state index in [0.717, 1.165) is 5.56 Å². The molecule has 0 unspecified atom stereocenters. The van der Waals surface area contributed by atoms with Crippen LogP contribution in [0.5, 0.6) is 11.5 Å². The van der Waals surface area contributed by atoms with E-state index in [4.69, 9.17) is 9.47 Å². The average Bonchev–Trinajstić information content (AvgIpc) is 2.87. The molecular formula is C28H30N2O5. The number of rotatable bonds is 7. The van der Waals surface area contributed by atoms with Gasteiger partial charge in [0.05, 0.1) is 14.2 Å². The highest BCUT2D eigenvalue weighted by atomic mass is 16.5. The van der Waals surface area contributed by atoms with E-state index in [0.29, 0.717) is 59.2 Å². The predicted octanol–water partition coefficient (Wildman–Crippen LogP) is 4.43. The lowest BCUT2D eigenvalue weighted by molar-refractivity contribution is 0.0948. The van der Waals surface area contributed by atoms with Gasteiger partial charge in [0.2, 0.25) is 0 Å². The van der Waals surface area contributed by atoms with Gasteiger partial charge in [0.25, 0.3) is 11.5 Å². The van der Waals surface area contributed by atoms with Gasteiger partial charge in [-0.15, -0.1) is 0 Å². The molecule has 1 amide bonds. The lowest BCUT2D eigenvalue weighted by Gasteiger charge is -2.22. The topological polar surface area (TPSA) is 86.6 Å². The van der Waals surface area contributed by atoms with Gasteiger partial charge in [0.1, 0.15) is 17.1 Å². The van der Waals surface area contributed by atoms with E-state index in [1.54, 1.807) is 32.4 Å². The Hall–Kier alpha value is -3.87. The first-order valence-electron chi connectivity index (χ1n) is 11.8. The van der Waals surface area contributed by atoms with Gasteiger partial charge in [-0.3, -0.25) is 19.0 Å². The van der Waals surface area contributed by atoms with E-state index in [1.807, 2.05) is 24.3 Å². The molecule has 0 spiro atoms. The number of Topliss-reactive ketones (excluding diaryl/α,β-unsaturated/α-hetero) is 1. The maximum absolute atomic E-state index is 13.6. The normalized spacial score (nSPS) is 12.9. The number of pyridine rings is 1. The number of amides is 1. The monoisotopic (exact) mass is 474 g/mol. The summed E-state index contributed by atoms with van der Waals surface area (Å²) in [5.41, 5.74) is 3.10. The van der Waals surface area contributed by atoms with Crippen LogP contribution in [0.4, 0.5) is 0 Å². The second-order valence-corrected chi connectivity index (χ2v) is 8.94. The maximum atomic E-state index is 13.6. The molecule has 1 aliphatic rings. The smallest absolute Gasteiger partial charge is 0.268 e. The fourth-order valence-corrected chi connectivity index (χ4v) is 4.43. The summed E-state index contributed by atoms with van der Waals surface area (Å²) in [6, 6.07) is 14.4. The van der Waals surface area contributed by atoms with Crippen LogP contribution in [0.15, 0.2) is 53.3 Å². The molecule has 1 N–H and O–H groups in total. The third-order valence-corrected chi connectivity index (χ3v) is 6.41. The predicted molar refractivity (Wildman–Crippen MR) is 134 cm³/mol. The molecule has 0 saturated carbocycles. The maximum Gasteiger partial charge on any atom is 0.268 e. The van der Waals surface area contributed by atoms with Gasteiger partial charge in [-0.2, -0.15) is 0 Å². The standard InChI is InChI=1S/C28H30N2O5/c1-17(2)18-8-10-20(11-9-18)30-24-6-5-7-25(31)22(24)15-23(28(30)33)27(32)29-16-19-14-21(34-3)12-13-26(19)35-4/h8-15,17H,5-7,16H2,1-4H3,(H,29,32). The molecule has 35 heavy (non-hydrogen) atoms. The van der Waals surface area contributed by atoms with Crippen molar-refractivity contribution in [3.05, 3.63) is 86.8 Å². The molecule has 7 nitrogen and oxygen atoms in total. The van der Waals surface area contributed by atoms with E-state index >= 15 is 0 Å². The van der Waals surface area contributed by atoms with Crippen LogP contribution in [0.3, 0.4) is 0 Å². The summed E-state index contributed by atoms with van der Waals surface area (Å²) < 4.78 is 12.2. The van der Waals surface area contributed by atoms with Crippen molar-refractivity contribution in [1.29, 1.82) is 0 Å². The molecule has 0 fully saturated rings. The van der Waals surface area contributed by atoms with E-state index in [1.165, 1.54) is 10.6 Å². The number of methoxy groups -OCH3 is 2. The minimum atomic E-state index is -0.548. The van der Waals surface area contributed by atoms with Gasteiger partial charge in [-0.05, 0) is 60.7 Å². The van der Waals surface area contributed by atoms with E-state index in [2.05, 4.69) is 19.2 Å². The van der Waals surface area contributed by atoms with Crippen molar-refractivity contribution >= 4 is 11.7 Å². The Labute approximate surface area is 204 Å². The van der Waals surface area contributed by atoms with Crippen LogP contribution < -0.4 is 20.3 Å². The second kappa shape index (κ2) is 10.2. The van der Waals surface area contributed by atoms with E-state index in [-0.39, 0.29) is 17.9 Å². The molecule has 4 rings (SSSR count). The molecule has 7 heteroatoms. The highest BCUT2D eigenvalue weighted by Gasteiger charge is 2.26. The van der Waals surface area contributed by atoms with Gasteiger partial charge in [-0.25, -0.2) is 0 Å². The van der Waals surface area contributed by atoms with Crippen LogP contribution in [0.25, 0.3) is 5.69 Å². The molecule has 1 aromatic heterocycles. The van der Waals surface area contributed by atoms with Gasteiger partial charge in [0, 0.05) is 35.5 Å². The van der Waals surface area contributed by atoms with Crippen LogP contribution in [-0.2, 0) is 13.0 Å². The first-order chi connectivity index (χ1) is 16.8. The van der Waals surface area contributed by atoms with Crippen LogP contribution in [-0.4, -0.2) is 30.5 Å². The van der Waals surface area contributed by atoms with E-state index < -0.39 is 11.5 Å². The molecule has 2 aromatic carbocycles. The van der Waals surface area contributed by atoms with Crippen molar-refractivity contribution < 1.29 is 19.1 Å². The number of aromatic nitrogens is 1. The fraction of sp³-hybridized carbons (Fsp3) is 0.321.